The maximum Gasteiger partial charge on any atom is 0.306 e. The average molecular weight is 207 g/mol. The standard InChI is InChI=1S/C11H13NO3/c13-11(7-4-8-12-14)15-9-10-5-2-1-3-6-10/h1-3,5-6H,4,7-9H2. The molecule has 1 aromatic carbocycles. The number of esters is 1. The van der Waals surface area contributed by atoms with E-state index in [1.54, 1.807) is 0 Å². The van der Waals surface area contributed by atoms with Crippen LogP contribution in [0.25, 0.3) is 0 Å². The minimum absolute atomic E-state index is 0.167. The molecule has 0 spiro atoms. The molecule has 0 saturated carbocycles. The Bertz CT molecular complexity index is 311. The molecule has 0 aliphatic rings. The Morgan fingerprint density at radius 1 is 1.27 bits per heavy atom. The Hall–Kier alpha value is -1.71. The van der Waals surface area contributed by atoms with E-state index in [4.69, 9.17) is 4.74 Å². The fraction of sp³-hybridized carbons (Fsp3) is 0.364. The number of benzene rings is 1. The fourth-order valence-electron chi connectivity index (χ4n) is 1.10. The van der Waals surface area contributed by atoms with Crippen LogP contribution in [-0.2, 0) is 16.1 Å². The van der Waals surface area contributed by atoms with Gasteiger partial charge in [-0.05, 0) is 12.0 Å². The highest BCUT2D eigenvalue weighted by Crippen LogP contribution is 2.02. The van der Waals surface area contributed by atoms with E-state index in [0.29, 0.717) is 6.42 Å². The van der Waals surface area contributed by atoms with Gasteiger partial charge in [-0.3, -0.25) is 4.79 Å². The molecule has 4 nitrogen and oxygen atoms in total. The van der Waals surface area contributed by atoms with Gasteiger partial charge in [0.15, 0.2) is 0 Å². The summed E-state index contributed by atoms with van der Waals surface area (Å²) < 4.78 is 4.99. The summed E-state index contributed by atoms with van der Waals surface area (Å²) in [5.41, 5.74) is 0.958. The van der Waals surface area contributed by atoms with Gasteiger partial charge in [0.2, 0.25) is 0 Å². The Labute approximate surface area is 88.2 Å². The van der Waals surface area contributed by atoms with Crippen molar-refractivity contribution in [3.63, 3.8) is 0 Å². The van der Waals surface area contributed by atoms with E-state index in [1.807, 2.05) is 30.3 Å². The lowest BCUT2D eigenvalue weighted by molar-refractivity contribution is -0.145. The van der Waals surface area contributed by atoms with Crippen LogP contribution in [0.4, 0.5) is 0 Å². The number of carbonyl (C=O) groups is 1. The number of nitroso groups, excluding NO2 is 1. The summed E-state index contributed by atoms with van der Waals surface area (Å²) >= 11 is 0. The lowest BCUT2D eigenvalue weighted by atomic mass is 10.2. The third-order valence-corrected chi connectivity index (χ3v) is 1.87. The molecule has 1 aromatic rings. The third-order valence-electron chi connectivity index (χ3n) is 1.87. The average Bonchev–Trinajstić information content (AvgIpc) is 2.28. The van der Waals surface area contributed by atoms with E-state index in [1.165, 1.54) is 0 Å². The van der Waals surface area contributed by atoms with Crippen LogP contribution in [0.1, 0.15) is 18.4 Å². The van der Waals surface area contributed by atoms with Gasteiger partial charge in [-0.25, -0.2) is 0 Å². The van der Waals surface area contributed by atoms with Crippen LogP contribution in [0.15, 0.2) is 35.5 Å². The maximum atomic E-state index is 11.1. The number of nitrogens with zero attached hydrogens (tertiary/aromatic N) is 1. The monoisotopic (exact) mass is 207 g/mol. The Morgan fingerprint density at radius 2 is 2.00 bits per heavy atom. The van der Waals surface area contributed by atoms with E-state index < -0.39 is 0 Å². The van der Waals surface area contributed by atoms with Crippen LogP contribution in [0.3, 0.4) is 0 Å². The minimum Gasteiger partial charge on any atom is -0.461 e. The molecule has 0 fully saturated rings. The van der Waals surface area contributed by atoms with Gasteiger partial charge in [0.1, 0.15) is 6.61 Å². The summed E-state index contributed by atoms with van der Waals surface area (Å²) in [4.78, 5) is 20.9. The molecule has 80 valence electrons. The second-order valence-corrected chi connectivity index (χ2v) is 3.10. The molecule has 0 radical (unpaired) electrons. The summed E-state index contributed by atoms with van der Waals surface area (Å²) in [6.45, 7) is 0.453. The Kier molecular flexibility index (Phi) is 5.08. The molecule has 0 heterocycles. The second kappa shape index (κ2) is 6.70. The fourth-order valence-corrected chi connectivity index (χ4v) is 1.10. The van der Waals surface area contributed by atoms with Crippen molar-refractivity contribution in [1.29, 1.82) is 0 Å². The Balaban J connectivity index is 2.20. The molecule has 4 heteroatoms. The quantitative estimate of drug-likeness (QED) is 0.408. The van der Waals surface area contributed by atoms with Gasteiger partial charge in [-0.15, -0.1) is 0 Å². The first kappa shape index (κ1) is 11.4. The largest absolute Gasteiger partial charge is 0.461 e. The van der Waals surface area contributed by atoms with Gasteiger partial charge in [-0.2, -0.15) is 4.91 Å². The Morgan fingerprint density at radius 3 is 2.67 bits per heavy atom. The summed E-state index contributed by atoms with van der Waals surface area (Å²) in [6.07, 6.45) is 0.704. The number of hydrogen-bond acceptors (Lipinski definition) is 4. The van der Waals surface area contributed by atoms with Crippen LogP contribution < -0.4 is 0 Å². The molecule has 0 unspecified atom stereocenters. The van der Waals surface area contributed by atoms with E-state index in [-0.39, 0.29) is 25.5 Å². The summed E-state index contributed by atoms with van der Waals surface area (Å²) in [5, 5.41) is 2.67. The van der Waals surface area contributed by atoms with Crippen molar-refractivity contribution in [2.75, 3.05) is 6.54 Å². The SMILES string of the molecule is O=NCCCC(=O)OCc1ccccc1. The predicted octanol–water partition coefficient (Wildman–Crippen LogP) is 2.28. The van der Waals surface area contributed by atoms with Crippen molar-refractivity contribution in [3.05, 3.63) is 40.8 Å². The highest BCUT2D eigenvalue weighted by atomic mass is 16.5. The number of rotatable bonds is 6. The summed E-state index contributed by atoms with van der Waals surface area (Å²) in [7, 11) is 0. The summed E-state index contributed by atoms with van der Waals surface area (Å²) in [5.74, 6) is -0.289. The molecule has 0 saturated heterocycles. The van der Waals surface area contributed by atoms with E-state index in [2.05, 4.69) is 5.18 Å². The van der Waals surface area contributed by atoms with Gasteiger partial charge < -0.3 is 4.74 Å². The van der Waals surface area contributed by atoms with Gasteiger partial charge in [0.05, 0.1) is 6.54 Å². The van der Waals surface area contributed by atoms with E-state index in [0.717, 1.165) is 5.56 Å². The van der Waals surface area contributed by atoms with E-state index >= 15 is 0 Å². The van der Waals surface area contributed by atoms with Crippen LogP contribution >= 0.6 is 0 Å². The molecule has 0 atom stereocenters. The molecule has 0 aliphatic heterocycles. The predicted molar refractivity (Wildman–Crippen MR) is 56.1 cm³/mol. The molecule has 0 aromatic heterocycles. The van der Waals surface area contributed by atoms with Crippen LogP contribution in [-0.4, -0.2) is 12.5 Å². The minimum atomic E-state index is -0.289. The van der Waals surface area contributed by atoms with Crippen molar-refractivity contribution in [2.24, 2.45) is 5.18 Å². The van der Waals surface area contributed by atoms with Crippen molar-refractivity contribution in [1.82, 2.24) is 0 Å². The van der Waals surface area contributed by atoms with Crippen LogP contribution in [0.5, 0.6) is 0 Å². The van der Waals surface area contributed by atoms with Gasteiger partial charge in [-0.1, -0.05) is 35.5 Å². The third kappa shape index (κ3) is 4.90. The number of ether oxygens (including phenoxy) is 1. The topological polar surface area (TPSA) is 55.7 Å². The maximum absolute atomic E-state index is 11.1. The summed E-state index contributed by atoms with van der Waals surface area (Å²) in [6, 6.07) is 9.46. The second-order valence-electron chi connectivity index (χ2n) is 3.10. The molecule has 15 heavy (non-hydrogen) atoms. The molecule has 1 rings (SSSR count). The zero-order chi connectivity index (χ0) is 10.9. The first-order chi connectivity index (χ1) is 7.33. The first-order valence-electron chi connectivity index (χ1n) is 4.81. The van der Waals surface area contributed by atoms with Crippen molar-refractivity contribution >= 4 is 5.97 Å². The van der Waals surface area contributed by atoms with Crippen LogP contribution in [0.2, 0.25) is 0 Å². The molecule has 0 bridgehead atoms. The van der Waals surface area contributed by atoms with Crippen molar-refractivity contribution in [2.45, 2.75) is 19.4 Å². The van der Waals surface area contributed by atoms with Crippen LogP contribution in [0, 0.1) is 4.91 Å². The first-order valence-corrected chi connectivity index (χ1v) is 4.81. The normalized spacial score (nSPS) is 9.60. The van der Waals surface area contributed by atoms with E-state index in [9.17, 15) is 9.70 Å². The lowest BCUT2D eigenvalue weighted by Crippen LogP contribution is -2.04. The van der Waals surface area contributed by atoms with Gasteiger partial charge in [0, 0.05) is 6.42 Å². The van der Waals surface area contributed by atoms with Gasteiger partial charge >= 0.3 is 5.97 Å². The number of hydrogen-bond donors (Lipinski definition) is 0. The molecular formula is C11H13NO3. The van der Waals surface area contributed by atoms with Gasteiger partial charge in [0.25, 0.3) is 0 Å². The smallest absolute Gasteiger partial charge is 0.306 e. The highest BCUT2D eigenvalue weighted by Gasteiger charge is 2.02. The van der Waals surface area contributed by atoms with Crippen molar-refractivity contribution < 1.29 is 9.53 Å². The molecule has 0 amide bonds. The molecule has 0 aliphatic carbocycles. The zero-order valence-corrected chi connectivity index (χ0v) is 8.39. The highest BCUT2D eigenvalue weighted by molar-refractivity contribution is 5.69. The molecular weight excluding hydrogens is 194 g/mol. The lowest BCUT2D eigenvalue weighted by Gasteiger charge is -2.03. The zero-order valence-electron chi connectivity index (χ0n) is 8.39. The number of carbonyl (C=O) groups excluding carboxylic acids is 1. The van der Waals surface area contributed by atoms with Crippen molar-refractivity contribution in [3.8, 4) is 0 Å². The molecule has 0 N–H and O–H groups in total.